The van der Waals surface area contributed by atoms with E-state index in [4.69, 9.17) is 4.74 Å². The van der Waals surface area contributed by atoms with Gasteiger partial charge < -0.3 is 25.0 Å². The first kappa shape index (κ1) is 20.6. The van der Waals surface area contributed by atoms with Crippen molar-refractivity contribution in [3.8, 4) is 0 Å². The molecule has 4 atom stereocenters. The van der Waals surface area contributed by atoms with Gasteiger partial charge in [0.05, 0.1) is 24.3 Å². The Hall–Kier alpha value is -3.08. The summed E-state index contributed by atoms with van der Waals surface area (Å²) in [6, 6.07) is 7.41. The number of carbonyl (C=O) groups excluding carboxylic acids is 2. The summed E-state index contributed by atoms with van der Waals surface area (Å²) in [5.74, 6) is -1.36. The summed E-state index contributed by atoms with van der Waals surface area (Å²) in [5.41, 5.74) is -0.645. The molecule has 1 aromatic heterocycles. The second-order valence-electron chi connectivity index (χ2n) is 6.45. The Bertz CT molecular complexity index is 974. The van der Waals surface area contributed by atoms with Crippen LogP contribution < -0.4 is 11.0 Å². The molecule has 154 valence electrons. The molecule has 1 aliphatic rings. The second kappa shape index (κ2) is 8.52. The molecule has 0 bridgehead atoms. The molecule has 0 aliphatic carbocycles. The number of hydrogen-bond donors (Lipinski definition) is 3. The molecule has 10 heteroatoms. The maximum atomic E-state index is 12.5. The van der Waals surface area contributed by atoms with Gasteiger partial charge in [-0.2, -0.15) is 4.98 Å². The predicted molar refractivity (Wildman–Crippen MR) is 100 cm³/mol. The van der Waals surface area contributed by atoms with Gasteiger partial charge in [0.1, 0.15) is 18.0 Å². The number of rotatable bonds is 5. The lowest BCUT2D eigenvalue weighted by atomic mass is 10.1. The van der Waals surface area contributed by atoms with Crippen molar-refractivity contribution in [2.45, 2.75) is 37.9 Å². The minimum absolute atomic E-state index is 0.0454. The third-order valence-electron chi connectivity index (χ3n) is 4.66. The highest BCUT2D eigenvalue weighted by atomic mass is 16.6. The van der Waals surface area contributed by atoms with E-state index in [0.29, 0.717) is 6.42 Å². The fraction of sp³-hybridized carbons (Fsp3) is 0.368. The minimum atomic E-state index is -1.29. The van der Waals surface area contributed by atoms with E-state index in [9.17, 15) is 24.6 Å². The van der Waals surface area contributed by atoms with Gasteiger partial charge in [-0.25, -0.2) is 9.59 Å². The van der Waals surface area contributed by atoms with Crippen LogP contribution in [-0.4, -0.2) is 57.1 Å². The lowest BCUT2D eigenvalue weighted by Crippen LogP contribution is -2.35. The number of aromatic nitrogens is 2. The Morgan fingerprint density at radius 1 is 1.21 bits per heavy atom. The number of methoxy groups -OCH3 is 1. The first-order valence-corrected chi connectivity index (χ1v) is 8.96. The molecule has 1 fully saturated rings. The van der Waals surface area contributed by atoms with Gasteiger partial charge in [0.25, 0.3) is 5.91 Å². The van der Waals surface area contributed by atoms with Gasteiger partial charge in [-0.3, -0.25) is 9.36 Å². The number of carbonyl (C=O) groups is 2. The zero-order chi connectivity index (χ0) is 21.1. The highest BCUT2D eigenvalue weighted by molar-refractivity contribution is 6.10. The molecular weight excluding hydrogens is 382 g/mol. The van der Waals surface area contributed by atoms with E-state index in [-0.39, 0.29) is 16.9 Å². The van der Waals surface area contributed by atoms with Crippen molar-refractivity contribution in [1.82, 2.24) is 9.55 Å². The lowest BCUT2D eigenvalue weighted by molar-refractivity contribution is -0.0403. The number of benzene rings is 1. The van der Waals surface area contributed by atoms with Crippen molar-refractivity contribution >= 4 is 17.7 Å². The molecule has 1 saturated heterocycles. The molecule has 0 radical (unpaired) electrons. The molecule has 3 N–H and O–H groups in total. The van der Waals surface area contributed by atoms with Crippen LogP contribution in [0.25, 0.3) is 0 Å². The van der Waals surface area contributed by atoms with Gasteiger partial charge in [0, 0.05) is 6.20 Å². The molecule has 3 rings (SSSR count). The Kier molecular flexibility index (Phi) is 6.06. The average molecular weight is 403 g/mol. The van der Waals surface area contributed by atoms with Crippen LogP contribution in [0.5, 0.6) is 0 Å². The van der Waals surface area contributed by atoms with Crippen LogP contribution in [0.1, 0.15) is 40.3 Å². The quantitative estimate of drug-likeness (QED) is 0.606. The van der Waals surface area contributed by atoms with Crippen molar-refractivity contribution in [2.24, 2.45) is 0 Å². The van der Waals surface area contributed by atoms with Crippen LogP contribution in [0.4, 0.5) is 5.82 Å². The fourth-order valence-electron chi connectivity index (χ4n) is 3.13. The van der Waals surface area contributed by atoms with Gasteiger partial charge in [0.2, 0.25) is 0 Å². The van der Waals surface area contributed by atoms with E-state index in [1.807, 2.05) is 0 Å². The first-order chi connectivity index (χ1) is 13.9. The molecule has 2 unspecified atom stereocenters. The Balaban J connectivity index is 1.81. The number of hydrogen-bond acceptors (Lipinski definition) is 8. The Labute approximate surface area is 165 Å². The summed E-state index contributed by atoms with van der Waals surface area (Å²) in [5, 5.41) is 22.5. The molecule has 29 heavy (non-hydrogen) atoms. The number of ether oxygens (including phenoxy) is 2. The summed E-state index contributed by atoms with van der Waals surface area (Å²) >= 11 is 0. The molecule has 1 aromatic carbocycles. The lowest BCUT2D eigenvalue weighted by Gasteiger charge is -2.17. The summed E-state index contributed by atoms with van der Waals surface area (Å²) in [7, 11) is 1.21. The standard InChI is InChI=1S/C19H21N3O7/c1-3-12-14(23)15(24)17(29-12)22-9-8-13(21-19(22)27)20-16(25)10-6-4-5-7-11(10)18(26)28-2/h4-9,12,14-15,17,23-24H,3H2,1-2H3,(H,20,21,25,27)/t12-,14-,15?,17?/m1/s1. The van der Waals surface area contributed by atoms with Crippen molar-refractivity contribution in [2.75, 3.05) is 12.4 Å². The molecule has 0 saturated carbocycles. The maximum Gasteiger partial charge on any atom is 0.351 e. The fourth-order valence-corrected chi connectivity index (χ4v) is 3.13. The van der Waals surface area contributed by atoms with Crippen LogP contribution in [0.15, 0.2) is 41.3 Å². The molecular formula is C19H21N3O7. The number of aliphatic hydroxyl groups is 2. The van der Waals surface area contributed by atoms with E-state index in [1.54, 1.807) is 19.1 Å². The average Bonchev–Trinajstić information content (AvgIpc) is 3.01. The number of amides is 1. The van der Waals surface area contributed by atoms with Crippen molar-refractivity contribution in [3.05, 3.63) is 58.1 Å². The van der Waals surface area contributed by atoms with Gasteiger partial charge in [-0.1, -0.05) is 19.1 Å². The highest BCUT2D eigenvalue weighted by Gasteiger charge is 2.43. The van der Waals surface area contributed by atoms with E-state index < -0.39 is 42.1 Å². The van der Waals surface area contributed by atoms with Crippen LogP contribution in [0.3, 0.4) is 0 Å². The van der Waals surface area contributed by atoms with Gasteiger partial charge >= 0.3 is 11.7 Å². The molecule has 1 aliphatic heterocycles. The van der Waals surface area contributed by atoms with E-state index >= 15 is 0 Å². The summed E-state index contributed by atoms with van der Waals surface area (Å²) in [6.07, 6.45) is -2.32. The van der Waals surface area contributed by atoms with Gasteiger partial charge in [-0.05, 0) is 24.6 Å². The Morgan fingerprint density at radius 3 is 2.48 bits per heavy atom. The number of aliphatic hydroxyl groups excluding tert-OH is 2. The number of nitrogens with one attached hydrogen (secondary N) is 1. The molecule has 1 amide bonds. The third-order valence-corrected chi connectivity index (χ3v) is 4.66. The number of esters is 1. The summed E-state index contributed by atoms with van der Waals surface area (Å²) in [6.45, 7) is 1.79. The molecule has 10 nitrogen and oxygen atoms in total. The first-order valence-electron chi connectivity index (χ1n) is 8.96. The van der Waals surface area contributed by atoms with Crippen LogP contribution >= 0.6 is 0 Å². The van der Waals surface area contributed by atoms with E-state index in [1.165, 1.54) is 31.5 Å². The smallest absolute Gasteiger partial charge is 0.351 e. The third kappa shape index (κ3) is 4.04. The van der Waals surface area contributed by atoms with Crippen molar-refractivity contribution in [1.29, 1.82) is 0 Å². The SMILES string of the molecule is CC[C@H]1OC(n2ccc(NC(=O)c3ccccc3C(=O)OC)nc2=O)C(O)[C@@H]1O. The summed E-state index contributed by atoms with van der Waals surface area (Å²) < 4.78 is 11.2. The van der Waals surface area contributed by atoms with Crippen LogP contribution in [0.2, 0.25) is 0 Å². The number of anilines is 1. The normalized spacial score (nSPS) is 23.6. The van der Waals surface area contributed by atoms with Gasteiger partial charge in [-0.15, -0.1) is 0 Å². The van der Waals surface area contributed by atoms with Gasteiger partial charge in [0.15, 0.2) is 6.23 Å². The summed E-state index contributed by atoms with van der Waals surface area (Å²) in [4.78, 5) is 40.5. The van der Waals surface area contributed by atoms with Crippen LogP contribution in [0, 0.1) is 0 Å². The largest absolute Gasteiger partial charge is 0.465 e. The monoisotopic (exact) mass is 403 g/mol. The maximum absolute atomic E-state index is 12.5. The van der Waals surface area contributed by atoms with Crippen LogP contribution in [-0.2, 0) is 9.47 Å². The second-order valence-corrected chi connectivity index (χ2v) is 6.45. The zero-order valence-electron chi connectivity index (χ0n) is 15.8. The highest BCUT2D eigenvalue weighted by Crippen LogP contribution is 2.29. The number of nitrogens with zero attached hydrogens (tertiary/aromatic N) is 2. The molecule has 2 aromatic rings. The molecule has 0 spiro atoms. The minimum Gasteiger partial charge on any atom is -0.465 e. The Morgan fingerprint density at radius 2 is 1.90 bits per heavy atom. The zero-order valence-corrected chi connectivity index (χ0v) is 15.8. The van der Waals surface area contributed by atoms with E-state index in [0.717, 1.165) is 4.57 Å². The molecule has 2 heterocycles. The van der Waals surface area contributed by atoms with Crippen molar-refractivity contribution in [3.63, 3.8) is 0 Å². The predicted octanol–water partition coefficient (Wildman–Crippen LogP) is 0.311. The van der Waals surface area contributed by atoms with E-state index in [2.05, 4.69) is 15.0 Å². The van der Waals surface area contributed by atoms with Crippen molar-refractivity contribution < 1.29 is 29.3 Å². The topological polar surface area (TPSA) is 140 Å².